The van der Waals surface area contributed by atoms with Gasteiger partial charge in [-0.1, -0.05) is 0 Å². The zero-order chi connectivity index (χ0) is 15.6. The fourth-order valence-electron chi connectivity index (χ4n) is 1.53. The summed E-state index contributed by atoms with van der Waals surface area (Å²) >= 11 is 0. The number of anilines is 1. The maximum absolute atomic E-state index is 12.8. The third kappa shape index (κ3) is 4.42. The first-order valence-corrected chi connectivity index (χ1v) is 7.61. The van der Waals surface area contributed by atoms with Gasteiger partial charge in [0, 0.05) is 25.5 Å². The van der Waals surface area contributed by atoms with Gasteiger partial charge < -0.3 is 4.90 Å². The van der Waals surface area contributed by atoms with Crippen LogP contribution < -0.4 is 4.90 Å². The average Bonchev–Trinajstić information content (AvgIpc) is 2.33. The Balaban J connectivity index is 3.07. The van der Waals surface area contributed by atoms with Crippen molar-refractivity contribution in [1.82, 2.24) is 0 Å². The van der Waals surface area contributed by atoms with Crippen molar-refractivity contribution in [3.63, 3.8) is 0 Å². The fraction of sp³-hybridized carbons (Fsp3) is 0.417. The van der Waals surface area contributed by atoms with Gasteiger partial charge in [-0.3, -0.25) is 0 Å². The van der Waals surface area contributed by atoms with Crippen LogP contribution >= 0.6 is 0 Å². The van der Waals surface area contributed by atoms with Crippen molar-refractivity contribution in [3.05, 3.63) is 29.3 Å². The van der Waals surface area contributed by atoms with Crippen molar-refractivity contribution in [2.24, 2.45) is 0 Å². The van der Waals surface area contributed by atoms with Crippen LogP contribution in [0.1, 0.15) is 11.1 Å². The third-order valence-corrected chi connectivity index (χ3v) is 3.59. The van der Waals surface area contributed by atoms with Gasteiger partial charge >= 0.3 is 6.18 Å². The van der Waals surface area contributed by atoms with Crippen LogP contribution in [0.4, 0.5) is 18.9 Å². The van der Waals surface area contributed by atoms with E-state index in [2.05, 4.69) is 0 Å². The molecule has 110 valence electrons. The van der Waals surface area contributed by atoms with E-state index in [1.54, 1.807) is 0 Å². The number of alkyl halides is 3. The predicted molar refractivity (Wildman–Crippen MR) is 69.1 cm³/mol. The molecule has 0 radical (unpaired) electrons. The molecule has 0 N–H and O–H groups in total. The molecular formula is C12H13F3N2O2S. The molecule has 0 aliphatic carbocycles. The highest BCUT2D eigenvalue weighted by molar-refractivity contribution is 7.90. The second-order valence-electron chi connectivity index (χ2n) is 4.39. The Bertz CT molecular complexity index is 633. The Kier molecular flexibility index (Phi) is 4.65. The molecule has 0 aromatic heterocycles. The number of nitrogens with zero attached hydrogens (tertiary/aromatic N) is 2. The molecule has 8 heteroatoms. The van der Waals surface area contributed by atoms with E-state index in [1.165, 1.54) is 24.1 Å². The Labute approximate surface area is 115 Å². The van der Waals surface area contributed by atoms with E-state index < -0.39 is 27.1 Å². The molecule has 0 aliphatic rings. The smallest absolute Gasteiger partial charge is 0.374 e. The van der Waals surface area contributed by atoms with E-state index in [0.717, 1.165) is 18.4 Å². The Morgan fingerprint density at radius 3 is 2.40 bits per heavy atom. The molecule has 0 saturated heterocycles. The molecule has 1 aromatic rings. The quantitative estimate of drug-likeness (QED) is 0.854. The van der Waals surface area contributed by atoms with Crippen LogP contribution in [0.5, 0.6) is 0 Å². The highest BCUT2D eigenvalue weighted by atomic mass is 32.2. The minimum Gasteiger partial charge on any atom is -0.374 e. The van der Waals surface area contributed by atoms with Gasteiger partial charge in [0.15, 0.2) is 0 Å². The molecule has 0 saturated carbocycles. The average molecular weight is 306 g/mol. The van der Waals surface area contributed by atoms with Crippen LogP contribution in [-0.2, 0) is 16.0 Å². The topological polar surface area (TPSA) is 61.2 Å². The van der Waals surface area contributed by atoms with Crippen LogP contribution in [0.3, 0.4) is 0 Å². The standard InChI is InChI=1S/C12H13F3N2O2S/c1-17(5-6-20(2,18)19)10-4-3-9(8-16)11(7-10)12(13,14)15/h3-4,7H,5-6H2,1-2H3. The van der Waals surface area contributed by atoms with Crippen LogP contribution in [0.15, 0.2) is 18.2 Å². The minimum absolute atomic E-state index is 0.0715. The Morgan fingerprint density at radius 1 is 1.35 bits per heavy atom. The van der Waals surface area contributed by atoms with Gasteiger partial charge in [0.2, 0.25) is 0 Å². The second-order valence-corrected chi connectivity index (χ2v) is 6.65. The summed E-state index contributed by atoms with van der Waals surface area (Å²) in [6, 6.07) is 4.77. The summed E-state index contributed by atoms with van der Waals surface area (Å²) in [5.41, 5.74) is -1.28. The van der Waals surface area contributed by atoms with Crippen molar-refractivity contribution >= 4 is 15.5 Å². The normalized spacial score (nSPS) is 12.0. The van der Waals surface area contributed by atoms with E-state index >= 15 is 0 Å². The number of sulfone groups is 1. The van der Waals surface area contributed by atoms with Gasteiger partial charge in [0.1, 0.15) is 9.84 Å². The van der Waals surface area contributed by atoms with Crippen molar-refractivity contribution in [2.75, 3.05) is 30.5 Å². The Hall–Kier alpha value is -1.75. The lowest BCUT2D eigenvalue weighted by Crippen LogP contribution is -2.25. The lowest BCUT2D eigenvalue weighted by molar-refractivity contribution is -0.137. The molecule has 0 unspecified atom stereocenters. The molecule has 0 amide bonds. The predicted octanol–water partition coefficient (Wildman–Crippen LogP) is 2.06. The van der Waals surface area contributed by atoms with Gasteiger partial charge in [0.05, 0.1) is 22.9 Å². The molecule has 0 aliphatic heterocycles. The van der Waals surface area contributed by atoms with E-state index in [0.29, 0.717) is 0 Å². The van der Waals surface area contributed by atoms with Gasteiger partial charge in [-0.15, -0.1) is 0 Å². The van der Waals surface area contributed by atoms with Crippen molar-refractivity contribution in [2.45, 2.75) is 6.18 Å². The maximum atomic E-state index is 12.8. The maximum Gasteiger partial charge on any atom is 0.417 e. The number of hydrogen-bond acceptors (Lipinski definition) is 4. The SMILES string of the molecule is CN(CCS(C)(=O)=O)c1ccc(C#N)c(C(F)(F)F)c1. The molecule has 0 heterocycles. The number of hydrogen-bond donors (Lipinski definition) is 0. The zero-order valence-electron chi connectivity index (χ0n) is 10.9. The Morgan fingerprint density at radius 2 is 1.95 bits per heavy atom. The number of halogens is 3. The van der Waals surface area contributed by atoms with Gasteiger partial charge in [0.25, 0.3) is 0 Å². The van der Waals surface area contributed by atoms with E-state index in [1.807, 2.05) is 0 Å². The lowest BCUT2D eigenvalue weighted by Gasteiger charge is -2.20. The van der Waals surface area contributed by atoms with Crippen LogP contribution in [0, 0.1) is 11.3 Å². The summed E-state index contributed by atoms with van der Waals surface area (Å²) in [5.74, 6) is -0.162. The molecule has 0 spiro atoms. The summed E-state index contributed by atoms with van der Waals surface area (Å²) in [6.45, 7) is 0.0715. The van der Waals surface area contributed by atoms with Crippen LogP contribution in [0.2, 0.25) is 0 Å². The fourth-order valence-corrected chi connectivity index (χ4v) is 2.14. The first-order valence-electron chi connectivity index (χ1n) is 5.55. The zero-order valence-corrected chi connectivity index (χ0v) is 11.7. The van der Waals surface area contributed by atoms with Gasteiger partial charge in [-0.2, -0.15) is 18.4 Å². The minimum atomic E-state index is -4.63. The highest BCUT2D eigenvalue weighted by Crippen LogP contribution is 2.34. The molecule has 0 fully saturated rings. The molecular weight excluding hydrogens is 293 g/mol. The van der Waals surface area contributed by atoms with E-state index in [-0.39, 0.29) is 18.0 Å². The largest absolute Gasteiger partial charge is 0.417 e. The highest BCUT2D eigenvalue weighted by Gasteiger charge is 2.34. The number of rotatable bonds is 4. The number of benzene rings is 1. The summed E-state index contributed by atoms with van der Waals surface area (Å²) < 4.78 is 60.5. The second kappa shape index (κ2) is 5.71. The molecule has 4 nitrogen and oxygen atoms in total. The molecule has 1 rings (SSSR count). The van der Waals surface area contributed by atoms with Gasteiger partial charge in [-0.05, 0) is 18.2 Å². The summed E-state index contributed by atoms with van der Waals surface area (Å²) in [6.07, 6.45) is -3.57. The molecule has 0 bridgehead atoms. The van der Waals surface area contributed by atoms with Crippen molar-refractivity contribution in [1.29, 1.82) is 5.26 Å². The van der Waals surface area contributed by atoms with E-state index in [4.69, 9.17) is 5.26 Å². The van der Waals surface area contributed by atoms with E-state index in [9.17, 15) is 21.6 Å². The monoisotopic (exact) mass is 306 g/mol. The third-order valence-electron chi connectivity index (χ3n) is 2.67. The van der Waals surface area contributed by atoms with Crippen molar-refractivity contribution < 1.29 is 21.6 Å². The lowest BCUT2D eigenvalue weighted by atomic mass is 10.1. The first kappa shape index (κ1) is 16.3. The van der Waals surface area contributed by atoms with Crippen LogP contribution in [0.25, 0.3) is 0 Å². The summed E-state index contributed by atoms with van der Waals surface area (Å²) in [4.78, 5) is 1.40. The number of nitriles is 1. The summed E-state index contributed by atoms with van der Waals surface area (Å²) in [5, 5.41) is 8.68. The first-order chi connectivity index (χ1) is 9.04. The molecule has 1 aromatic carbocycles. The van der Waals surface area contributed by atoms with Gasteiger partial charge in [-0.25, -0.2) is 8.42 Å². The molecule has 20 heavy (non-hydrogen) atoms. The molecule has 0 atom stereocenters. The van der Waals surface area contributed by atoms with Crippen LogP contribution in [-0.4, -0.2) is 34.0 Å². The summed E-state index contributed by atoms with van der Waals surface area (Å²) in [7, 11) is -1.70. The van der Waals surface area contributed by atoms with Crippen molar-refractivity contribution in [3.8, 4) is 6.07 Å².